The predicted molar refractivity (Wildman–Crippen MR) is 181 cm³/mol. The van der Waals surface area contributed by atoms with Crippen LogP contribution < -0.4 is 16.4 Å². The Morgan fingerprint density at radius 3 is 2.62 bits per heavy atom. The van der Waals surface area contributed by atoms with Crippen molar-refractivity contribution in [3.05, 3.63) is 53.6 Å². The Hall–Kier alpha value is -4.61. The number of thiazole rings is 1. The van der Waals surface area contributed by atoms with Gasteiger partial charge in [0.2, 0.25) is 11.9 Å². The van der Waals surface area contributed by atoms with Crippen LogP contribution in [0.15, 0.2) is 36.1 Å². The van der Waals surface area contributed by atoms with Gasteiger partial charge in [-0.2, -0.15) is 14.6 Å². The van der Waals surface area contributed by atoms with E-state index < -0.39 is 29.7 Å². The Morgan fingerprint density at radius 2 is 1.88 bits per heavy atom. The van der Waals surface area contributed by atoms with Gasteiger partial charge in [-0.15, -0.1) is 11.3 Å². The number of carbonyl (C=O) groups is 3. The third-order valence-corrected chi connectivity index (χ3v) is 9.18. The molecule has 0 saturated heterocycles. The molecule has 50 heavy (non-hydrogen) atoms. The summed E-state index contributed by atoms with van der Waals surface area (Å²) in [6.45, 7) is 6.48. The van der Waals surface area contributed by atoms with Gasteiger partial charge in [0.1, 0.15) is 22.1 Å². The van der Waals surface area contributed by atoms with Gasteiger partial charge in [0, 0.05) is 42.9 Å². The molecule has 0 bridgehead atoms. The normalized spacial score (nSPS) is 16.7. The van der Waals surface area contributed by atoms with E-state index in [1.807, 2.05) is 20.8 Å². The number of esters is 1. The number of aromatic nitrogens is 6. The van der Waals surface area contributed by atoms with E-state index in [-0.39, 0.29) is 59.9 Å². The lowest BCUT2D eigenvalue weighted by Crippen LogP contribution is -2.44. The average Bonchev–Trinajstić information content (AvgIpc) is 3.87. The van der Waals surface area contributed by atoms with Crippen molar-refractivity contribution in [2.75, 3.05) is 18.5 Å². The summed E-state index contributed by atoms with van der Waals surface area (Å²) in [6, 6.07) is 1.27. The number of anilines is 1. The number of nitrogens with one attached hydrogen (secondary N) is 2. The Balaban J connectivity index is 1.19. The maximum Gasteiger partial charge on any atom is 0.307 e. The van der Waals surface area contributed by atoms with Crippen LogP contribution in [0.2, 0.25) is 0 Å². The summed E-state index contributed by atoms with van der Waals surface area (Å²) in [6.07, 6.45) is 8.65. The summed E-state index contributed by atoms with van der Waals surface area (Å²) in [7, 11) is 0. The van der Waals surface area contributed by atoms with E-state index in [2.05, 4.69) is 30.8 Å². The quantitative estimate of drug-likeness (QED) is 0.0888. The van der Waals surface area contributed by atoms with Gasteiger partial charge in [-0.1, -0.05) is 13.8 Å². The molecule has 5 rings (SSSR count). The van der Waals surface area contributed by atoms with Gasteiger partial charge in [-0.25, -0.2) is 19.0 Å². The van der Waals surface area contributed by atoms with E-state index in [0.717, 1.165) is 37.8 Å². The summed E-state index contributed by atoms with van der Waals surface area (Å²) >= 11 is 1.20. The van der Waals surface area contributed by atoms with Crippen LogP contribution in [0, 0.1) is 17.7 Å². The van der Waals surface area contributed by atoms with Crippen LogP contribution in [0.4, 0.5) is 14.5 Å². The molecule has 17 heteroatoms. The minimum absolute atomic E-state index is 0.00800. The van der Waals surface area contributed by atoms with Crippen LogP contribution in [-0.2, 0) is 25.8 Å². The topological polar surface area (TPSA) is 181 Å². The minimum atomic E-state index is -0.877. The fraction of sp³-hybridized carbons (Fsp3) is 0.485. The molecular weight excluding hydrogens is 672 g/mol. The molecule has 268 valence electrons. The first kappa shape index (κ1) is 36.7. The van der Waals surface area contributed by atoms with Crippen molar-refractivity contribution in [1.29, 1.82) is 0 Å². The van der Waals surface area contributed by atoms with E-state index in [0.29, 0.717) is 30.1 Å². The van der Waals surface area contributed by atoms with Gasteiger partial charge in [0.15, 0.2) is 12.5 Å². The van der Waals surface area contributed by atoms with Crippen molar-refractivity contribution in [2.45, 2.75) is 84.2 Å². The second kappa shape index (κ2) is 16.9. The molecule has 2 amide bonds. The van der Waals surface area contributed by atoms with Gasteiger partial charge in [-0.05, 0) is 57.1 Å². The minimum Gasteiger partial charge on any atom is -0.442 e. The molecule has 1 atom stereocenters. The molecule has 0 spiro atoms. The molecule has 4 aromatic rings. The molecule has 14 nitrogen and oxygen atoms in total. The van der Waals surface area contributed by atoms with E-state index >= 15 is 0 Å². The van der Waals surface area contributed by atoms with Crippen LogP contribution >= 0.6 is 11.3 Å². The number of carbonyl (C=O) groups excluding carboxylic acids is 3. The van der Waals surface area contributed by atoms with Crippen LogP contribution in [-0.4, -0.2) is 72.6 Å². The first-order valence-electron chi connectivity index (χ1n) is 16.5. The molecular formula is C33H41F2N9O5S. The molecule has 0 aromatic carbocycles. The summed E-state index contributed by atoms with van der Waals surface area (Å²) < 4.78 is 43.1. The van der Waals surface area contributed by atoms with Crippen LogP contribution in [0.3, 0.4) is 0 Å². The first-order valence-corrected chi connectivity index (χ1v) is 17.4. The molecule has 1 saturated carbocycles. The van der Waals surface area contributed by atoms with E-state index in [1.54, 1.807) is 22.5 Å². The third kappa shape index (κ3) is 9.34. The molecule has 0 aliphatic heterocycles. The maximum absolute atomic E-state index is 14.8. The second-order valence-corrected chi connectivity index (χ2v) is 13.2. The number of rotatable bonds is 15. The highest BCUT2D eigenvalue weighted by Gasteiger charge is 2.27. The number of nitrogens with two attached hydrogens (primary N) is 1. The number of halogens is 2. The fourth-order valence-electron chi connectivity index (χ4n) is 5.46. The molecule has 1 fully saturated rings. The zero-order valence-electron chi connectivity index (χ0n) is 28.1. The van der Waals surface area contributed by atoms with Crippen molar-refractivity contribution in [3.8, 4) is 22.0 Å². The SMILES string of the molecule is CCOC1CCC(n2cc(NC(=O)c3csc(-c4cnn(COC(=O)CCCNC(=O)[C@@H](N)C(C)C)c4)n3)c(-c3nc(F)ccc3F)n2)CC1. The highest BCUT2D eigenvalue weighted by atomic mass is 32.1. The van der Waals surface area contributed by atoms with Gasteiger partial charge < -0.3 is 25.8 Å². The van der Waals surface area contributed by atoms with Crippen LogP contribution in [0.5, 0.6) is 0 Å². The zero-order valence-corrected chi connectivity index (χ0v) is 28.9. The standard InChI is InChI=1S/C33H41F2N9O5S/c1-4-48-22-9-7-21(8-10-22)44-16-24(30(42-44)29-23(34)11-12-26(35)41-29)39-31(46)25-17-50-33(40-25)20-14-38-43(15-20)18-49-27(45)6-5-13-37-32(47)28(36)19(2)3/h11-12,14-17,19,21-22,28H,4-10,13,18,36H2,1-3H3,(H,37,47)(H,39,46)/t21?,22?,28-/m0/s1. The number of amides is 2. The Bertz CT molecular complexity index is 1780. The number of pyridine rings is 1. The highest BCUT2D eigenvalue weighted by molar-refractivity contribution is 7.13. The fourth-order valence-corrected chi connectivity index (χ4v) is 6.23. The third-order valence-electron chi connectivity index (χ3n) is 8.29. The monoisotopic (exact) mass is 713 g/mol. The van der Waals surface area contributed by atoms with Crippen LogP contribution in [0.25, 0.3) is 22.0 Å². The van der Waals surface area contributed by atoms with Gasteiger partial charge in [0.25, 0.3) is 5.91 Å². The van der Waals surface area contributed by atoms with E-state index in [4.69, 9.17) is 15.2 Å². The summed E-state index contributed by atoms with van der Waals surface area (Å²) in [4.78, 5) is 45.6. The van der Waals surface area contributed by atoms with Crippen molar-refractivity contribution in [3.63, 3.8) is 0 Å². The Labute approximate surface area is 291 Å². The summed E-state index contributed by atoms with van der Waals surface area (Å²) in [5.74, 6) is -2.93. The lowest BCUT2D eigenvalue weighted by molar-refractivity contribution is -0.148. The Kier molecular flexibility index (Phi) is 12.4. The smallest absolute Gasteiger partial charge is 0.307 e. The van der Waals surface area contributed by atoms with Crippen molar-refractivity contribution >= 4 is 34.8 Å². The van der Waals surface area contributed by atoms with E-state index in [1.165, 1.54) is 22.2 Å². The lowest BCUT2D eigenvalue weighted by atomic mass is 9.93. The zero-order chi connectivity index (χ0) is 35.8. The average molecular weight is 714 g/mol. The van der Waals surface area contributed by atoms with Crippen molar-refractivity contribution < 1.29 is 32.6 Å². The van der Waals surface area contributed by atoms with E-state index in [9.17, 15) is 23.2 Å². The lowest BCUT2D eigenvalue weighted by Gasteiger charge is -2.28. The van der Waals surface area contributed by atoms with Crippen molar-refractivity contribution in [2.24, 2.45) is 11.7 Å². The molecule has 0 unspecified atom stereocenters. The second-order valence-electron chi connectivity index (χ2n) is 12.3. The molecule has 4 heterocycles. The Morgan fingerprint density at radius 1 is 1.10 bits per heavy atom. The molecule has 1 aliphatic rings. The molecule has 4 aromatic heterocycles. The number of nitrogens with zero attached hydrogens (tertiary/aromatic N) is 6. The van der Waals surface area contributed by atoms with Crippen LogP contribution in [0.1, 0.15) is 75.8 Å². The molecule has 1 aliphatic carbocycles. The van der Waals surface area contributed by atoms with Gasteiger partial charge in [-0.3, -0.25) is 19.1 Å². The largest absolute Gasteiger partial charge is 0.442 e. The molecule has 4 N–H and O–H groups in total. The maximum atomic E-state index is 14.8. The van der Waals surface area contributed by atoms with Gasteiger partial charge >= 0.3 is 5.97 Å². The van der Waals surface area contributed by atoms with Crippen molar-refractivity contribution in [1.82, 2.24) is 34.8 Å². The number of ether oxygens (including phenoxy) is 2. The van der Waals surface area contributed by atoms with Gasteiger partial charge in [0.05, 0.1) is 30.1 Å². The summed E-state index contributed by atoms with van der Waals surface area (Å²) in [5.41, 5.74) is 6.36. The summed E-state index contributed by atoms with van der Waals surface area (Å²) in [5, 5.41) is 16.3. The number of hydrogen-bond acceptors (Lipinski definition) is 11. The molecule has 0 radical (unpaired) electrons. The predicted octanol–water partition coefficient (Wildman–Crippen LogP) is 4.70. The number of hydrogen-bond donors (Lipinski definition) is 3. The first-order chi connectivity index (χ1) is 24.0. The highest BCUT2D eigenvalue weighted by Crippen LogP contribution is 2.34.